The quantitative estimate of drug-likeness (QED) is 0.822. The van der Waals surface area contributed by atoms with Crippen LogP contribution in [0.4, 0.5) is 4.39 Å². The number of hydrogen-bond donors (Lipinski definition) is 1. The van der Waals surface area contributed by atoms with Crippen molar-refractivity contribution in [1.82, 2.24) is 4.90 Å². The van der Waals surface area contributed by atoms with Crippen LogP contribution in [0, 0.1) is 11.7 Å². The second kappa shape index (κ2) is 5.54. The predicted molar refractivity (Wildman–Crippen MR) is 70.0 cm³/mol. The van der Waals surface area contributed by atoms with E-state index in [0.717, 1.165) is 0 Å². The molecule has 0 aliphatic rings. The van der Waals surface area contributed by atoms with E-state index in [2.05, 4.69) is 26.5 Å². The zero-order valence-corrected chi connectivity index (χ0v) is 11.5. The predicted octanol–water partition coefficient (Wildman–Crippen LogP) is 3.23. The fourth-order valence-electron chi connectivity index (χ4n) is 1.48. The van der Waals surface area contributed by atoms with Gasteiger partial charge in [-0.05, 0) is 31.0 Å². The Bertz CT molecular complexity index is 420. The summed E-state index contributed by atoms with van der Waals surface area (Å²) in [5.41, 5.74) is 0.464. The van der Waals surface area contributed by atoms with Crippen LogP contribution in [0.5, 0.6) is 0 Å². The number of amides is 1. The lowest BCUT2D eigenvalue weighted by Crippen LogP contribution is -2.38. The number of nitrogens with zero attached hydrogens (tertiary/aromatic N) is 1. The molecule has 1 amide bonds. The summed E-state index contributed by atoms with van der Waals surface area (Å²) in [6.07, 6.45) is 0. The van der Waals surface area contributed by atoms with Crippen molar-refractivity contribution in [3.63, 3.8) is 0 Å². The molecule has 1 aromatic carbocycles. The maximum atomic E-state index is 13.0. The zero-order valence-electron chi connectivity index (χ0n) is 10.6. The van der Waals surface area contributed by atoms with Crippen molar-refractivity contribution in [2.45, 2.75) is 31.7 Å². The summed E-state index contributed by atoms with van der Waals surface area (Å²) in [4.78, 5) is 14.0. The first kappa shape index (κ1) is 14.0. The molecule has 0 aromatic heterocycles. The summed E-state index contributed by atoms with van der Waals surface area (Å²) in [6, 6.07) is 4.35. The average molecular weight is 255 g/mol. The van der Waals surface area contributed by atoms with Crippen LogP contribution >= 0.6 is 12.6 Å². The fourth-order valence-corrected chi connectivity index (χ4v) is 1.70. The van der Waals surface area contributed by atoms with Gasteiger partial charge in [0.2, 0.25) is 0 Å². The average Bonchev–Trinajstić information content (AvgIpc) is 2.29. The molecule has 0 saturated carbocycles. The van der Waals surface area contributed by atoms with Crippen molar-refractivity contribution in [2.24, 2.45) is 5.92 Å². The van der Waals surface area contributed by atoms with Crippen LogP contribution in [-0.4, -0.2) is 23.9 Å². The van der Waals surface area contributed by atoms with Gasteiger partial charge in [0.15, 0.2) is 0 Å². The Morgan fingerprint density at radius 1 is 1.35 bits per heavy atom. The standard InChI is InChI=1S/C13H18FNOS/c1-8(2)9(3)15(4)13(16)10-5-6-11(14)12(17)7-10/h5-9,17H,1-4H3. The number of carbonyl (C=O) groups is 1. The van der Waals surface area contributed by atoms with Crippen molar-refractivity contribution in [1.29, 1.82) is 0 Å². The third-order valence-corrected chi connectivity index (χ3v) is 3.43. The minimum Gasteiger partial charge on any atom is -0.339 e. The SMILES string of the molecule is CC(C)C(C)N(C)C(=O)c1ccc(F)c(S)c1. The lowest BCUT2D eigenvalue weighted by molar-refractivity contribution is 0.0707. The van der Waals surface area contributed by atoms with Gasteiger partial charge in [0, 0.05) is 23.5 Å². The smallest absolute Gasteiger partial charge is 0.253 e. The van der Waals surface area contributed by atoms with Crippen LogP contribution in [0.15, 0.2) is 23.1 Å². The molecule has 0 aliphatic carbocycles. The summed E-state index contributed by atoms with van der Waals surface area (Å²) in [5.74, 6) is -0.147. The Balaban J connectivity index is 2.92. The minimum absolute atomic E-state index is 0.110. The molecule has 0 fully saturated rings. The molecule has 1 atom stereocenters. The van der Waals surface area contributed by atoms with E-state index in [4.69, 9.17) is 0 Å². The van der Waals surface area contributed by atoms with E-state index < -0.39 is 5.82 Å². The number of benzene rings is 1. The molecule has 2 nitrogen and oxygen atoms in total. The first-order chi connectivity index (χ1) is 7.84. The molecule has 0 heterocycles. The van der Waals surface area contributed by atoms with Gasteiger partial charge < -0.3 is 4.90 Å². The van der Waals surface area contributed by atoms with Crippen LogP contribution in [0.3, 0.4) is 0 Å². The van der Waals surface area contributed by atoms with Gasteiger partial charge >= 0.3 is 0 Å². The first-order valence-electron chi connectivity index (χ1n) is 5.60. The minimum atomic E-state index is -0.413. The molecular weight excluding hydrogens is 237 g/mol. The summed E-state index contributed by atoms with van der Waals surface area (Å²) >= 11 is 3.98. The Labute approximate surface area is 107 Å². The van der Waals surface area contributed by atoms with Gasteiger partial charge in [0.05, 0.1) is 0 Å². The van der Waals surface area contributed by atoms with Crippen LogP contribution in [0.25, 0.3) is 0 Å². The maximum Gasteiger partial charge on any atom is 0.253 e. The van der Waals surface area contributed by atoms with Gasteiger partial charge in [-0.3, -0.25) is 4.79 Å². The maximum absolute atomic E-state index is 13.0. The second-order valence-corrected chi connectivity index (χ2v) is 5.05. The third kappa shape index (κ3) is 3.22. The molecule has 1 unspecified atom stereocenters. The van der Waals surface area contributed by atoms with Crippen molar-refractivity contribution >= 4 is 18.5 Å². The van der Waals surface area contributed by atoms with Gasteiger partial charge in [0.25, 0.3) is 5.91 Å². The summed E-state index contributed by atoms with van der Waals surface area (Å²) in [7, 11) is 1.76. The molecule has 0 spiro atoms. The molecule has 0 bridgehead atoms. The molecule has 0 radical (unpaired) electrons. The number of carbonyl (C=O) groups excluding carboxylic acids is 1. The first-order valence-corrected chi connectivity index (χ1v) is 6.05. The summed E-state index contributed by atoms with van der Waals surface area (Å²) < 4.78 is 13.0. The van der Waals surface area contributed by atoms with Crippen molar-refractivity contribution in [3.05, 3.63) is 29.6 Å². The second-order valence-electron chi connectivity index (χ2n) is 4.57. The monoisotopic (exact) mass is 255 g/mol. The molecule has 94 valence electrons. The van der Waals surface area contributed by atoms with Crippen LogP contribution < -0.4 is 0 Å². The number of hydrogen-bond acceptors (Lipinski definition) is 2. The molecule has 0 aliphatic heterocycles. The Morgan fingerprint density at radius 3 is 2.41 bits per heavy atom. The highest BCUT2D eigenvalue weighted by molar-refractivity contribution is 7.80. The lowest BCUT2D eigenvalue weighted by Gasteiger charge is -2.28. The summed E-state index contributed by atoms with van der Waals surface area (Å²) in [6.45, 7) is 6.11. The molecule has 4 heteroatoms. The van der Waals surface area contributed by atoms with Crippen molar-refractivity contribution in [3.8, 4) is 0 Å². The van der Waals surface area contributed by atoms with E-state index in [1.54, 1.807) is 11.9 Å². The highest BCUT2D eigenvalue weighted by Gasteiger charge is 2.20. The Kier molecular flexibility index (Phi) is 4.57. The molecule has 1 rings (SSSR count). The number of halogens is 1. The van der Waals surface area contributed by atoms with Crippen LogP contribution in [0.2, 0.25) is 0 Å². The molecular formula is C13H18FNOS. The van der Waals surface area contributed by atoms with Crippen LogP contribution in [-0.2, 0) is 0 Å². The number of thiol groups is 1. The van der Waals surface area contributed by atoms with Gasteiger partial charge in [0.1, 0.15) is 5.82 Å². The Hall–Kier alpha value is -1.03. The molecule has 0 saturated heterocycles. The van der Waals surface area contributed by atoms with Crippen molar-refractivity contribution < 1.29 is 9.18 Å². The van der Waals surface area contributed by atoms with E-state index >= 15 is 0 Å². The summed E-state index contributed by atoms with van der Waals surface area (Å²) in [5, 5.41) is 0. The normalized spacial score (nSPS) is 12.6. The van der Waals surface area contributed by atoms with Gasteiger partial charge in [-0.1, -0.05) is 13.8 Å². The molecule has 0 N–H and O–H groups in total. The van der Waals surface area contributed by atoms with Gasteiger partial charge in [-0.2, -0.15) is 0 Å². The molecule has 1 aromatic rings. The zero-order chi connectivity index (χ0) is 13.2. The molecule has 17 heavy (non-hydrogen) atoms. The van der Waals surface area contributed by atoms with E-state index in [0.29, 0.717) is 11.5 Å². The van der Waals surface area contributed by atoms with Crippen molar-refractivity contribution in [2.75, 3.05) is 7.05 Å². The highest BCUT2D eigenvalue weighted by atomic mass is 32.1. The van der Waals surface area contributed by atoms with E-state index in [9.17, 15) is 9.18 Å². The van der Waals surface area contributed by atoms with Gasteiger partial charge in [-0.25, -0.2) is 4.39 Å². The van der Waals surface area contributed by atoms with Gasteiger partial charge in [-0.15, -0.1) is 12.6 Å². The largest absolute Gasteiger partial charge is 0.339 e. The lowest BCUT2D eigenvalue weighted by atomic mass is 10.0. The van der Waals surface area contributed by atoms with E-state index in [1.807, 2.05) is 6.92 Å². The third-order valence-electron chi connectivity index (χ3n) is 3.09. The van der Waals surface area contributed by atoms with Crippen LogP contribution in [0.1, 0.15) is 31.1 Å². The topological polar surface area (TPSA) is 20.3 Å². The van der Waals surface area contributed by atoms with E-state index in [1.165, 1.54) is 18.2 Å². The fraction of sp³-hybridized carbons (Fsp3) is 0.462. The van der Waals surface area contributed by atoms with E-state index in [-0.39, 0.29) is 16.8 Å². The highest BCUT2D eigenvalue weighted by Crippen LogP contribution is 2.17. The number of rotatable bonds is 3. The Morgan fingerprint density at radius 2 is 1.94 bits per heavy atom.